The minimum atomic E-state index is -1.30. The van der Waals surface area contributed by atoms with E-state index in [4.69, 9.17) is 23.7 Å². The normalized spacial score (nSPS) is 18.2. The Labute approximate surface area is 244 Å². The van der Waals surface area contributed by atoms with Crippen molar-refractivity contribution in [2.75, 3.05) is 13.2 Å². The Morgan fingerprint density at radius 2 is 1.14 bits per heavy atom. The van der Waals surface area contributed by atoms with Crippen LogP contribution in [0.15, 0.2) is 98.1 Å². The van der Waals surface area contributed by atoms with E-state index in [1.807, 2.05) is 0 Å². The number of esters is 4. The summed E-state index contributed by atoms with van der Waals surface area (Å²) in [7, 11) is 0. The lowest BCUT2D eigenvalue weighted by atomic mass is 10.1. The summed E-state index contributed by atoms with van der Waals surface area (Å²) in [6, 6.07) is 12.2. The van der Waals surface area contributed by atoms with Crippen molar-refractivity contribution in [2.24, 2.45) is 0 Å². The summed E-state index contributed by atoms with van der Waals surface area (Å²) in [5, 5.41) is 0. The zero-order valence-corrected chi connectivity index (χ0v) is 22.4. The summed E-state index contributed by atoms with van der Waals surface area (Å²) in [6.45, 7) is -0.715. The van der Waals surface area contributed by atoms with Gasteiger partial charge in [-0.15, -0.1) is 0 Å². The lowest BCUT2D eigenvalue weighted by Crippen LogP contribution is -2.47. The van der Waals surface area contributed by atoms with Gasteiger partial charge in [0.25, 0.3) is 0 Å². The standard InChI is InChI=1S/C30H24N4O9/c35-27(19-5-1-9-31-13-19)40-18-23(41-28(36)20-6-2-10-32-14-20)25-26(43-30(38)22-8-4-12-34-16-22)24(17-39-25)42-29(37)21-7-3-11-33-15-21/h1-16,23-26H,17-18H2. The number of rotatable bonds is 10. The molecule has 1 aliphatic rings. The first-order valence-corrected chi connectivity index (χ1v) is 13.0. The van der Waals surface area contributed by atoms with Crippen LogP contribution in [0.2, 0.25) is 0 Å². The summed E-state index contributed by atoms with van der Waals surface area (Å²) < 4.78 is 28.5. The van der Waals surface area contributed by atoms with Crippen LogP contribution in [0.3, 0.4) is 0 Å². The number of carbonyl (C=O) groups is 4. The minimum absolute atomic E-state index is 0.118. The molecule has 13 nitrogen and oxygen atoms in total. The highest BCUT2D eigenvalue weighted by Gasteiger charge is 2.49. The van der Waals surface area contributed by atoms with E-state index in [0.717, 1.165) is 0 Å². The third kappa shape index (κ3) is 7.40. The average Bonchev–Trinajstić information content (AvgIpc) is 3.45. The monoisotopic (exact) mass is 584 g/mol. The molecule has 5 heterocycles. The number of pyridine rings is 4. The second kappa shape index (κ2) is 13.9. The van der Waals surface area contributed by atoms with Gasteiger partial charge < -0.3 is 23.7 Å². The molecule has 4 aromatic heterocycles. The lowest BCUT2D eigenvalue weighted by Gasteiger charge is -2.28. The van der Waals surface area contributed by atoms with E-state index >= 15 is 0 Å². The first-order valence-electron chi connectivity index (χ1n) is 13.0. The fourth-order valence-electron chi connectivity index (χ4n) is 4.14. The van der Waals surface area contributed by atoms with Gasteiger partial charge in [-0.05, 0) is 48.5 Å². The molecular formula is C30H24N4O9. The molecule has 13 heteroatoms. The van der Waals surface area contributed by atoms with E-state index in [0.29, 0.717) is 0 Å². The van der Waals surface area contributed by atoms with E-state index in [9.17, 15) is 19.2 Å². The van der Waals surface area contributed by atoms with Gasteiger partial charge >= 0.3 is 23.9 Å². The summed E-state index contributed by atoms with van der Waals surface area (Å²) >= 11 is 0. The molecule has 0 amide bonds. The van der Waals surface area contributed by atoms with E-state index in [1.165, 1.54) is 73.8 Å². The summed E-state index contributed by atoms with van der Waals surface area (Å²) in [6.07, 6.45) is 6.29. The van der Waals surface area contributed by atoms with Crippen molar-refractivity contribution < 1.29 is 42.9 Å². The van der Waals surface area contributed by atoms with Crippen LogP contribution in [0.5, 0.6) is 0 Å². The Bertz CT molecular complexity index is 1540. The molecule has 1 fully saturated rings. The highest BCUT2D eigenvalue weighted by atomic mass is 16.7. The molecule has 1 aliphatic heterocycles. The van der Waals surface area contributed by atoms with Crippen LogP contribution in [0.4, 0.5) is 0 Å². The Hall–Kier alpha value is -5.56. The van der Waals surface area contributed by atoms with Gasteiger partial charge in [-0.3, -0.25) is 19.9 Å². The van der Waals surface area contributed by atoms with E-state index in [2.05, 4.69) is 19.9 Å². The number of hydrogen-bond donors (Lipinski definition) is 0. The predicted octanol–water partition coefficient (Wildman–Crippen LogP) is 2.50. The van der Waals surface area contributed by atoms with Crippen molar-refractivity contribution in [3.8, 4) is 0 Å². The molecule has 4 unspecified atom stereocenters. The molecule has 5 rings (SSSR count). The van der Waals surface area contributed by atoms with Gasteiger partial charge in [-0.1, -0.05) is 0 Å². The Balaban J connectivity index is 1.41. The van der Waals surface area contributed by atoms with Crippen molar-refractivity contribution in [3.63, 3.8) is 0 Å². The number of carbonyl (C=O) groups excluding carboxylic acids is 4. The molecule has 1 saturated heterocycles. The van der Waals surface area contributed by atoms with Crippen LogP contribution in [0, 0.1) is 0 Å². The molecule has 218 valence electrons. The third-order valence-corrected chi connectivity index (χ3v) is 6.24. The van der Waals surface area contributed by atoms with Crippen LogP contribution < -0.4 is 0 Å². The van der Waals surface area contributed by atoms with Gasteiger partial charge in [-0.25, -0.2) is 19.2 Å². The van der Waals surface area contributed by atoms with Gasteiger partial charge in [0.1, 0.15) is 12.7 Å². The average molecular weight is 585 g/mol. The summed E-state index contributed by atoms with van der Waals surface area (Å²) in [4.78, 5) is 67.4. The fourth-order valence-corrected chi connectivity index (χ4v) is 4.14. The van der Waals surface area contributed by atoms with Gasteiger partial charge in [0, 0.05) is 49.6 Å². The van der Waals surface area contributed by atoms with Gasteiger partial charge in [0.2, 0.25) is 0 Å². The van der Waals surface area contributed by atoms with Crippen LogP contribution in [-0.2, 0) is 23.7 Å². The Morgan fingerprint density at radius 1 is 0.674 bits per heavy atom. The van der Waals surface area contributed by atoms with Gasteiger partial charge in [-0.2, -0.15) is 0 Å². The van der Waals surface area contributed by atoms with Crippen LogP contribution in [0.25, 0.3) is 0 Å². The molecule has 0 aromatic carbocycles. The summed E-state index contributed by atoms with van der Waals surface area (Å²) in [5.74, 6) is -3.07. The number of aromatic nitrogens is 4. The maximum Gasteiger partial charge on any atom is 0.340 e. The van der Waals surface area contributed by atoms with Gasteiger partial charge in [0.15, 0.2) is 18.3 Å². The molecule has 4 atom stereocenters. The lowest BCUT2D eigenvalue weighted by molar-refractivity contribution is -0.0883. The third-order valence-electron chi connectivity index (χ3n) is 6.24. The topological polar surface area (TPSA) is 166 Å². The second-order valence-corrected chi connectivity index (χ2v) is 9.12. The quantitative estimate of drug-likeness (QED) is 0.197. The first-order chi connectivity index (χ1) is 21.0. The van der Waals surface area contributed by atoms with Crippen molar-refractivity contribution in [3.05, 3.63) is 120 Å². The highest BCUT2D eigenvalue weighted by Crippen LogP contribution is 2.28. The van der Waals surface area contributed by atoms with Gasteiger partial charge in [0.05, 0.1) is 28.9 Å². The number of hydrogen-bond acceptors (Lipinski definition) is 13. The van der Waals surface area contributed by atoms with Crippen molar-refractivity contribution in [1.82, 2.24) is 19.9 Å². The first kappa shape index (κ1) is 29.0. The van der Waals surface area contributed by atoms with E-state index in [1.54, 1.807) is 24.3 Å². The van der Waals surface area contributed by atoms with Crippen LogP contribution in [0.1, 0.15) is 41.4 Å². The largest absolute Gasteiger partial charge is 0.458 e. The smallest absolute Gasteiger partial charge is 0.340 e. The molecule has 43 heavy (non-hydrogen) atoms. The Kier molecular flexibility index (Phi) is 9.34. The molecule has 0 aliphatic carbocycles. The maximum atomic E-state index is 13.1. The minimum Gasteiger partial charge on any atom is -0.458 e. The van der Waals surface area contributed by atoms with Crippen molar-refractivity contribution in [2.45, 2.75) is 24.4 Å². The Morgan fingerprint density at radius 3 is 1.63 bits per heavy atom. The van der Waals surface area contributed by atoms with E-state index < -0.39 is 54.9 Å². The summed E-state index contributed by atoms with van der Waals surface area (Å²) in [5.41, 5.74) is 0.563. The molecular weight excluding hydrogens is 560 g/mol. The van der Waals surface area contributed by atoms with Crippen molar-refractivity contribution in [1.29, 1.82) is 0 Å². The maximum absolute atomic E-state index is 13.1. The van der Waals surface area contributed by atoms with Crippen LogP contribution >= 0.6 is 0 Å². The highest BCUT2D eigenvalue weighted by molar-refractivity contribution is 5.91. The zero-order chi connectivity index (χ0) is 30.0. The number of nitrogens with zero attached hydrogens (tertiary/aromatic N) is 4. The predicted molar refractivity (Wildman–Crippen MR) is 145 cm³/mol. The SMILES string of the molecule is O=C(OCC(OC(=O)c1cccnc1)C1OCC(OC(=O)c2cccnc2)C1OC(=O)c1cccnc1)c1cccnc1. The fraction of sp³-hybridized carbons (Fsp3) is 0.200. The molecule has 0 saturated carbocycles. The molecule has 0 radical (unpaired) electrons. The molecule has 0 N–H and O–H groups in total. The molecule has 0 spiro atoms. The number of ether oxygens (including phenoxy) is 5. The second-order valence-electron chi connectivity index (χ2n) is 9.12. The zero-order valence-electron chi connectivity index (χ0n) is 22.4. The van der Waals surface area contributed by atoms with Crippen LogP contribution in [-0.4, -0.2) is 81.4 Å². The molecule has 0 bridgehead atoms. The molecule has 4 aromatic rings. The van der Waals surface area contributed by atoms with Crippen molar-refractivity contribution >= 4 is 23.9 Å². The van der Waals surface area contributed by atoms with E-state index in [-0.39, 0.29) is 28.9 Å².